The molecule has 0 fully saturated rings. The minimum atomic E-state index is -0.608. The lowest BCUT2D eigenvalue weighted by Crippen LogP contribution is -2.38. The van der Waals surface area contributed by atoms with Gasteiger partial charge in [-0.1, -0.05) is 43.7 Å². The Morgan fingerprint density at radius 3 is 2.47 bits per heavy atom. The maximum absolute atomic E-state index is 13.8. The molecule has 0 amide bonds. The number of allylic oxidation sites excluding steroid dienone is 2. The van der Waals surface area contributed by atoms with Gasteiger partial charge in [0.2, 0.25) is 0 Å². The van der Waals surface area contributed by atoms with Gasteiger partial charge in [-0.15, -0.1) is 0 Å². The Labute approximate surface area is 213 Å². The van der Waals surface area contributed by atoms with E-state index in [4.69, 9.17) is 19.2 Å². The number of hydrogen-bond donors (Lipinski definition) is 0. The number of Topliss-reactive ketones (excluding diaryl/α,β-unsaturated/α-hetero) is 1. The molecule has 0 bridgehead atoms. The van der Waals surface area contributed by atoms with Gasteiger partial charge < -0.3 is 14.2 Å². The number of rotatable bonds is 8. The summed E-state index contributed by atoms with van der Waals surface area (Å²) in [6.07, 6.45) is 2.72. The van der Waals surface area contributed by atoms with Crippen molar-refractivity contribution in [2.45, 2.75) is 58.3 Å². The van der Waals surface area contributed by atoms with E-state index in [1.165, 1.54) is 0 Å². The van der Waals surface area contributed by atoms with E-state index in [-0.39, 0.29) is 17.7 Å². The molecule has 6 heteroatoms. The van der Waals surface area contributed by atoms with E-state index in [1.807, 2.05) is 56.3 Å². The van der Waals surface area contributed by atoms with Gasteiger partial charge in [0.15, 0.2) is 17.3 Å². The molecule has 0 saturated carbocycles. The fourth-order valence-electron chi connectivity index (χ4n) is 5.39. The quantitative estimate of drug-likeness (QED) is 0.339. The SMILES string of the molecule is CCCCOC(=O)C1C(C)=NC2=C(C(=O)C[C@@H](c3ccc(OC)c(OC)c3)C2)[C@@H]1c1ccccc1C. The first kappa shape index (κ1) is 25.7. The number of aryl methyl sites for hydroxylation is 1. The van der Waals surface area contributed by atoms with Crippen LogP contribution >= 0.6 is 0 Å². The molecule has 0 N–H and O–H groups in total. The molecule has 0 aromatic heterocycles. The Balaban J connectivity index is 1.75. The van der Waals surface area contributed by atoms with Gasteiger partial charge in [-0.3, -0.25) is 14.6 Å². The summed E-state index contributed by atoms with van der Waals surface area (Å²) in [4.78, 5) is 32.0. The Bertz CT molecular complexity index is 1210. The zero-order valence-electron chi connectivity index (χ0n) is 21.8. The van der Waals surface area contributed by atoms with Gasteiger partial charge in [0, 0.05) is 29.3 Å². The lowest BCUT2D eigenvalue weighted by Gasteiger charge is -2.37. The maximum atomic E-state index is 13.8. The topological polar surface area (TPSA) is 74.2 Å². The molecule has 1 heterocycles. The van der Waals surface area contributed by atoms with E-state index >= 15 is 0 Å². The van der Waals surface area contributed by atoms with E-state index in [9.17, 15) is 9.59 Å². The van der Waals surface area contributed by atoms with Crippen LogP contribution in [0.5, 0.6) is 11.5 Å². The molecule has 36 heavy (non-hydrogen) atoms. The Hall–Kier alpha value is -3.41. The molecule has 1 unspecified atom stereocenters. The fourth-order valence-corrected chi connectivity index (χ4v) is 5.39. The zero-order chi connectivity index (χ0) is 25.8. The summed E-state index contributed by atoms with van der Waals surface area (Å²) in [5.74, 6) is -0.0172. The molecule has 2 aromatic carbocycles. The first-order valence-electron chi connectivity index (χ1n) is 12.6. The molecule has 3 atom stereocenters. The van der Waals surface area contributed by atoms with Crippen LogP contribution < -0.4 is 9.47 Å². The van der Waals surface area contributed by atoms with Gasteiger partial charge in [-0.05, 0) is 61.4 Å². The van der Waals surface area contributed by atoms with E-state index in [1.54, 1.807) is 14.2 Å². The zero-order valence-corrected chi connectivity index (χ0v) is 21.8. The van der Waals surface area contributed by atoms with Crippen molar-refractivity contribution in [2.24, 2.45) is 10.9 Å². The number of hydrogen-bond acceptors (Lipinski definition) is 6. The van der Waals surface area contributed by atoms with Crippen LogP contribution in [0.1, 0.15) is 68.1 Å². The third-order valence-electron chi connectivity index (χ3n) is 7.29. The van der Waals surface area contributed by atoms with E-state index in [2.05, 4.69) is 6.92 Å². The van der Waals surface area contributed by atoms with Crippen LogP contribution in [0.3, 0.4) is 0 Å². The summed E-state index contributed by atoms with van der Waals surface area (Å²) in [6.45, 7) is 6.34. The summed E-state index contributed by atoms with van der Waals surface area (Å²) in [5.41, 5.74) is 5.16. The van der Waals surface area contributed by atoms with Gasteiger partial charge in [-0.2, -0.15) is 0 Å². The first-order chi connectivity index (χ1) is 17.4. The minimum Gasteiger partial charge on any atom is -0.493 e. The minimum absolute atomic E-state index is 0.0295. The molecular weight excluding hydrogens is 454 g/mol. The van der Waals surface area contributed by atoms with Crippen molar-refractivity contribution < 1.29 is 23.8 Å². The third-order valence-corrected chi connectivity index (χ3v) is 7.29. The highest BCUT2D eigenvalue weighted by Crippen LogP contribution is 2.48. The van der Waals surface area contributed by atoms with Crippen LogP contribution in [0.15, 0.2) is 58.7 Å². The van der Waals surface area contributed by atoms with E-state index in [0.29, 0.717) is 42.2 Å². The normalized spacial score (nSPS) is 21.5. The average Bonchev–Trinajstić information content (AvgIpc) is 2.87. The second-order valence-corrected chi connectivity index (χ2v) is 9.59. The van der Waals surface area contributed by atoms with Crippen LogP contribution in [-0.2, 0) is 14.3 Å². The monoisotopic (exact) mass is 489 g/mol. The molecule has 1 aliphatic heterocycles. The molecule has 1 aliphatic carbocycles. The van der Waals surface area contributed by atoms with Crippen molar-refractivity contribution in [1.29, 1.82) is 0 Å². The highest BCUT2D eigenvalue weighted by atomic mass is 16.5. The first-order valence-corrected chi connectivity index (χ1v) is 12.6. The number of aliphatic imine (C=N–C) groups is 1. The Morgan fingerprint density at radius 1 is 1.03 bits per heavy atom. The second-order valence-electron chi connectivity index (χ2n) is 9.59. The number of unbranched alkanes of at least 4 members (excludes halogenated alkanes) is 1. The van der Waals surface area contributed by atoms with Crippen molar-refractivity contribution in [1.82, 2.24) is 0 Å². The molecule has 0 spiro atoms. The number of nitrogens with zero attached hydrogens (tertiary/aromatic N) is 1. The molecular formula is C30H35NO5. The summed E-state index contributed by atoms with van der Waals surface area (Å²) in [5, 5.41) is 0. The predicted molar refractivity (Wildman–Crippen MR) is 140 cm³/mol. The number of ether oxygens (including phenoxy) is 3. The highest BCUT2D eigenvalue weighted by molar-refractivity contribution is 6.09. The van der Waals surface area contributed by atoms with Gasteiger partial charge in [0.25, 0.3) is 0 Å². The number of methoxy groups -OCH3 is 2. The Morgan fingerprint density at radius 2 is 1.78 bits per heavy atom. The van der Waals surface area contributed by atoms with Crippen LogP contribution in [-0.4, -0.2) is 38.3 Å². The molecule has 0 saturated heterocycles. The number of benzene rings is 2. The van der Waals surface area contributed by atoms with E-state index in [0.717, 1.165) is 35.2 Å². The summed E-state index contributed by atoms with van der Waals surface area (Å²) < 4.78 is 16.5. The third kappa shape index (κ3) is 4.95. The molecule has 2 aromatic rings. The number of ketones is 1. The maximum Gasteiger partial charge on any atom is 0.315 e. The largest absolute Gasteiger partial charge is 0.493 e. The summed E-state index contributed by atoms with van der Waals surface area (Å²) in [6, 6.07) is 13.8. The van der Waals surface area contributed by atoms with Crippen molar-refractivity contribution in [2.75, 3.05) is 20.8 Å². The fraction of sp³-hybridized carbons (Fsp3) is 0.433. The molecule has 2 aliphatic rings. The summed E-state index contributed by atoms with van der Waals surface area (Å²) in [7, 11) is 3.21. The smallest absolute Gasteiger partial charge is 0.315 e. The van der Waals surface area contributed by atoms with Crippen LogP contribution in [0.4, 0.5) is 0 Å². The van der Waals surface area contributed by atoms with Gasteiger partial charge in [0.05, 0.1) is 20.8 Å². The summed E-state index contributed by atoms with van der Waals surface area (Å²) >= 11 is 0. The predicted octanol–water partition coefficient (Wildman–Crippen LogP) is 5.93. The van der Waals surface area contributed by atoms with Crippen molar-refractivity contribution >= 4 is 17.5 Å². The lowest BCUT2D eigenvalue weighted by molar-refractivity contribution is -0.146. The van der Waals surface area contributed by atoms with Crippen LogP contribution in [0.2, 0.25) is 0 Å². The number of carbonyl (C=O) groups excluding carboxylic acids is 2. The van der Waals surface area contributed by atoms with Gasteiger partial charge in [-0.25, -0.2) is 0 Å². The van der Waals surface area contributed by atoms with Crippen LogP contribution in [0, 0.1) is 12.8 Å². The van der Waals surface area contributed by atoms with Crippen molar-refractivity contribution in [3.05, 3.63) is 70.4 Å². The van der Waals surface area contributed by atoms with Crippen LogP contribution in [0.25, 0.3) is 0 Å². The second kappa shape index (κ2) is 11.1. The standard InChI is InChI=1S/C30H35NO5/c1-6-7-14-36-30(33)27-19(3)31-23-15-21(20-12-13-25(34-4)26(17-20)35-5)16-24(32)29(23)28(27)22-11-9-8-10-18(22)2/h8-13,17,21,27-28H,6-7,14-16H2,1-5H3/t21-,27?,28+/m0/s1. The number of carbonyl (C=O) groups is 2. The van der Waals surface area contributed by atoms with Crippen molar-refractivity contribution in [3.63, 3.8) is 0 Å². The van der Waals surface area contributed by atoms with Crippen molar-refractivity contribution in [3.8, 4) is 11.5 Å². The van der Waals surface area contributed by atoms with Gasteiger partial charge >= 0.3 is 5.97 Å². The lowest BCUT2D eigenvalue weighted by atomic mass is 9.68. The molecule has 0 radical (unpaired) electrons. The Kier molecular flexibility index (Phi) is 7.92. The molecule has 6 nitrogen and oxygen atoms in total. The van der Waals surface area contributed by atoms with Gasteiger partial charge in [0.1, 0.15) is 5.92 Å². The average molecular weight is 490 g/mol. The highest BCUT2D eigenvalue weighted by Gasteiger charge is 2.45. The van der Waals surface area contributed by atoms with E-state index < -0.39 is 11.8 Å². The molecule has 190 valence electrons. The molecule has 4 rings (SSSR count). The number of esters is 1.